The van der Waals surface area contributed by atoms with E-state index < -0.39 is 133 Å². The van der Waals surface area contributed by atoms with Gasteiger partial charge in [0.05, 0.1) is 64.0 Å². The van der Waals surface area contributed by atoms with Gasteiger partial charge in [-0.15, -0.1) is 0 Å². The van der Waals surface area contributed by atoms with E-state index in [1.165, 1.54) is 24.3 Å². The summed E-state index contributed by atoms with van der Waals surface area (Å²) in [4.78, 5) is 30.8. The van der Waals surface area contributed by atoms with Crippen LogP contribution in [-0.2, 0) is 135 Å². The largest absolute Gasteiger partial charge is 0.475 e. The van der Waals surface area contributed by atoms with Crippen LogP contribution in [0, 0.1) is 0 Å². The van der Waals surface area contributed by atoms with Crippen LogP contribution in [-0.4, -0.2) is 48.6 Å². The minimum atomic E-state index is -5.39. The Balaban J connectivity index is 1.17. The molecule has 20 nitrogen and oxygen atoms in total. The zero-order valence-corrected chi connectivity index (χ0v) is 57.5. The van der Waals surface area contributed by atoms with E-state index in [1.54, 1.807) is 279 Å². The monoisotopic (exact) mass is 1430 g/mol. The van der Waals surface area contributed by atoms with Gasteiger partial charge in [0.2, 0.25) is 0 Å². The predicted octanol–water partition coefficient (Wildman–Crippen LogP) is 18.2. The summed E-state index contributed by atoms with van der Waals surface area (Å²) >= 11 is 0. The highest BCUT2D eigenvalue weighted by atomic mass is 31.2. The van der Waals surface area contributed by atoms with Crippen molar-refractivity contribution in [1.82, 2.24) is 0 Å². The topological polar surface area (TPSA) is 232 Å². The summed E-state index contributed by atoms with van der Waals surface area (Å²) in [5.41, 5.74) is 3.60. The second kappa shape index (κ2) is 36.3. The maximum Gasteiger partial charge on any atom is 0.475 e. The van der Waals surface area contributed by atoms with Gasteiger partial charge in [0.1, 0.15) is 24.4 Å². The van der Waals surface area contributed by atoms with E-state index in [4.69, 9.17) is 63.8 Å². The number of carbonyl (C=O) groups excluding carboxylic acids is 2. The summed E-state index contributed by atoms with van der Waals surface area (Å²) in [5, 5.41) is 0. The van der Waals surface area contributed by atoms with Crippen LogP contribution in [0.4, 0.5) is 0 Å². The molecule has 0 heterocycles. The summed E-state index contributed by atoms with van der Waals surface area (Å²) in [5.74, 6) is -2.30. The number of phosphoric ester groups is 4. The number of esters is 2. The zero-order chi connectivity index (χ0) is 69.3. The lowest BCUT2D eigenvalue weighted by molar-refractivity contribution is -0.214. The molecule has 0 N–H and O–H groups in total. The number of ether oxygens (including phenoxy) is 2. The summed E-state index contributed by atoms with van der Waals surface area (Å²) < 4.78 is 158. The van der Waals surface area contributed by atoms with Crippen LogP contribution in [0.1, 0.15) is 65.2 Å². The Bertz CT molecular complexity index is 3960. The van der Waals surface area contributed by atoms with Crippen LogP contribution in [0.25, 0.3) is 0 Å². The lowest BCUT2D eigenvalue weighted by Crippen LogP contribution is -2.67. The standard InChI is InChI=1S/C76H72O20P4/c77-75(67-47-27-9-28-48-67)91-69-71(93-97(79,83-51-59-31-11-1-12-32-59)84-52-60-33-13-2-14-34-60)70(92-76(78)68-49-29-10-30-50-68)73(95-99(81,87-55-63-39-19-5-20-40-63)88-56-64-41-21-6-22-42-64)74(96-100(82,89-57-65-43-23-7-24-44-65)90-58-66-45-25-8-26-46-66)72(69)94-98(80,85-53-61-35-15-3-16-36-61)86-54-62-37-17-4-18-38-62/h1-50,69-74H,51-58H2/t69-,70-,71?,72-,73+,74?/m1/s1. The smallest absolute Gasteiger partial charge is 0.453 e. The molecule has 0 saturated heterocycles. The minimum Gasteiger partial charge on any atom is -0.453 e. The van der Waals surface area contributed by atoms with E-state index in [0.29, 0.717) is 44.5 Å². The molecule has 0 aliphatic heterocycles. The summed E-state index contributed by atoms with van der Waals surface area (Å²) in [7, 11) is -21.5. The molecular formula is C76H72O20P4. The SMILES string of the molecule is O=C(O[C@@H]1C(OP(=O)(OCc2ccccc2)OCc2ccccc2)[C@@H](OC(=O)c2ccccc2)[C@@H](OP(=O)(OCc2ccccc2)OCc2ccccc2)C(OP(=O)(OCc2ccccc2)OCc2ccccc2)[C@H]1OP(=O)(OCc1ccccc1)OCc1ccccc1)c1ccccc1. The third-order valence-corrected chi connectivity index (χ3v) is 20.9. The van der Waals surface area contributed by atoms with E-state index >= 15 is 27.8 Å². The Morgan fingerprint density at radius 1 is 0.210 bits per heavy atom. The first-order chi connectivity index (χ1) is 48.8. The van der Waals surface area contributed by atoms with Gasteiger partial charge < -0.3 is 9.47 Å². The van der Waals surface area contributed by atoms with E-state index in [-0.39, 0.29) is 11.1 Å². The number of phosphoric acid groups is 4. The van der Waals surface area contributed by atoms with Gasteiger partial charge in [0.25, 0.3) is 0 Å². The maximum atomic E-state index is 16.6. The Morgan fingerprint density at radius 2 is 0.350 bits per heavy atom. The molecule has 6 atom stereocenters. The second-order valence-electron chi connectivity index (χ2n) is 22.6. The van der Waals surface area contributed by atoms with Crippen LogP contribution >= 0.6 is 31.3 Å². The van der Waals surface area contributed by atoms with Crippen molar-refractivity contribution in [3.8, 4) is 0 Å². The quantitative estimate of drug-likeness (QED) is 0.0262. The molecule has 10 aromatic rings. The van der Waals surface area contributed by atoms with E-state index in [0.717, 1.165) is 0 Å². The van der Waals surface area contributed by atoms with Gasteiger partial charge in [0, 0.05) is 0 Å². The highest BCUT2D eigenvalue weighted by Crippen LogP contribution is 2.63. The van der Waals surface area contributed by atoms with Crippen molar-refractivity contribution in [2.45, 2.75) is 89.5 Å². The molecule has 0 amide bonds. The summed E-state index contributed by atoms with van der Waals surface area (Å²) in [6.07, 6.45) is -14.4. The Labute approximate surface area is 580 Å². The van der Waals surface area contributed by atoms with Crippen LogP contribution in [0.3, 0.4) is 0 Å². The molecule has 11 rings (SSSR count). The third-order valence-electron chi connectivity index (χ3n) is 15.3. The third kappa shape index (κ3) is 21.8. The van der Waals surface area contributed by atoms with E-state index in [9.17, 15) is 0 Å². The molecule has 10 aromatic carbocycles. The van der Waals surface area contributed by atoms with Crippen molar-refractivity contribution in [1.29, 1.82) is 0 Å². The van der Waals surface area contributed by atoms with Crippen LogP contribution in [0.2, 0.25) is 0 Å². The predicted molar refractivity (Wildman–Crippen MR) is 371 cm³/mol. The zero-order valence-electron chi connectivity index (χ0n) is 53.9. The number of carbonyl (C=O) groups is 2. The van der Waals surface area contributed by atoms with Gasteiger partial charge in [-0.3, -0.25) is 54.3 Å². The highest BCUT2D eigenvalue weighted by molar-refractivity contribution is 7.49. The van der Waals surface area contributed by atoms with Crippen molar-refractivity contribution >= 4 is 43.2 Å². The fourth-order valence-corrected chi connectivity index (χ4v) is 15.6. The van der Waals surface area contributed by atoms with Gasteiger partial charge >= 0.3 is 43.2 Å². The molecule has 0 spiro atoms. The molecule has 0 radical (unpaired) electrons. The maximum absolute atomic E-state index is 16.6. The molecule has 1 aliphatic carbocycles. The molecule has 2 unspecified atom stereocenters. The van der Waals surface area contributed by atoms with E-state index in [1.807, 2.05) is 0 Å². The van der Waals surface area contributed by atoms with Gasteiger partial charge in [-0.25, -0.2) is 27.8 Å². The molecule has 516 valence electrons. The number of hydrogen-bond acceptors (Lipinski definition) is 20. The Kier molecular flexibility index (Phi) is 26.4. The first-order valence-corrected chi connectivity index (χ1v) is 37.7. The molecular weight excluding hydrogens is 1360 g/mol. The number of benzene rings is 10. The molecule has 1 saturated carbocycles. The van der Waals surface area contributed by atoms with Crippen molar-refractivity contribution in [2.75, 3.05) is 0 Å². The van der Waals surface area contributed by atoms with E-state index in [2.05, 4.69) is 0 Å². The van der Waals surface area contributed by atoms with Crippen molar-refractivity contribution < 1.29 is 91.6 Å². The first-order valence-electron chi connectivity index (χ1n) is 31.9. The molecule has 1 aliphatic rings. The lowest BCUT2D eigenvalue weighted by Gasteiger charge is -2.49. The van der Waals surface area contributed by atoms with Crippen molar-refractivity contribution in [3.63, 3.8) is 0 Å². The highest BCUT2D eigenvalue weighted by Gasteiger charge is 2.64. The minimum absolute atomic E-state index is 0.0995. The van der Waals surface area contributed by atoms with Crippen LogP contribution < -0.4 is 0 Å². The molecule has 24 heteroatoms. The first kappa shape index (κ1) is 72.8. The fraction of sp³-hybridized carbons (Fsp3) is 0.184. The molecule has 100 heavy (non-hydrogen) atoms. The van der Waals surface area contributed by atoms with Gasteiger partial charge in [-0.1, -0.05) is 279 Å². The van der Waals surface area contributed by atoms with Crippen molar-refractivity contribution in [2.24, 2.45) is 0 Å². The van der Waals surface area contributed by atoms with Crippen LogP contribution in [0.15, 0.2) is 303 Å². The molecule has 1 fully saturated rings. The normalized spacial score (nSPS) is 17.2. The second-order valence-corrected chi connectivity index (χ2v) is 29.1. The fourth-order valence-electron chi connectivity index (χ4n) is 10.2. The average Bonchev–Trinajstić information content (AvgIpc) is 0.738. The van der Waals surface area contributed by atoms with Gasteiger partial charge in [0.15, 0.2) is 12.2 Å². The number of rotatable bonds is 36. The van der Waals surface area contributed by atoms with Gasteiger partial charge in [-0.05, 0) is 68.8 Å². The Morgan fingerprint density at radius 3 is 0.520 bits per heavy atom. The lowest BCUT2D eigenvalue weighted by atomic mass is 9.84. The van der Waals surface area contributed by atoms with Gasteiger partial charge in [-0.2, -0.15) is 0 Å². The molecule has 0 aromatic heterocycles. The number of hydrogen-bond donors (Lipinski definition) is 0. The Hall–Kier alpha value is -8.42. The summed E-state index contributed by atoms with van der Waals surface area (Å²) in [6.45, 7) is -3.74. The molecule has 0 bridgehead atoms. The average molecular weight is 1430 g/mol. The van der Waals surface area contributed by atoms with Crippen molar-refractivity contribution in [3.05, 3.63) is 359 Å². The summed E-state index contributed by atoms with van der Waals surface area (Å²) in [6, 6.07) is 83.8. The van der Waals surface area contributed by atoms with Crippen LogP contribution in [0.5, 0.6) is 0 Å².